The highest BCUT2D eigenvalue weighted by Gasteiger charge is 2.10. The van der Waals surface area contributed by atoms with Crippen LogP contribution < -0.4 is 37.5 Å². The number of rotatable bonds is 8. The molecule has 0 bridgehead atoms. The zero-order chi connectivity index (χ0) is 18.2. The number of hydrogen-bond donors (Lipinski definition) is 2. The Labute approximate surface area is 176 Å². The molecule has 0 amide bonds. The third-order valence-electron chi connectivity index (χ3n) is 3.97. The van der Waals surface area contributed by atoms with Crippen molar-refractivity contribution in [1.29, 1.82) is 0 Å². The Kier molecular flexibility index (Phi) is 8.44. The molecule has 0 saturated heterocycles. The highest BCUT2D eigenvalue weighted by atomic mass is 79.9. The minimum Gasteiger partial charge on any atom is -1.00 e. The molecule has 5 nitrogen and oxygen atoms in total. The molecule has 3 aromatic rings. The minimum absolute atomic E-state index is 0. The molecule has 0 saturated carbocycles. The predicted molar refractivity (Wildman–Crippen MR) is 108 cm³/mol. The normalized spacial score (nSPS) is 10.1. The first-order valence-corrected chi connectivity index (χ1v) is 9.04. The van der Waals surface area contributed by atoms with Gasteiger partial charge in [-0.1, -0.05) is 60.7 Å². The van der Waals surface area contributed by atoms with E-state index in [9.17, 15) is 0 Å². The van der Waals surface area contributed by atoms with E-state index >= 15 is 0 Å². The monoisotopic (exact) mass is 445 g/mol. The van der Waals surface area contributed by atoms with Crippen molar-refractivity contribution < 1.29 is 21.5 Å². The Hall–Kier alpha value is -2.22. The first-order chi connectivity index (χ1) is 12.7. The fourth-order valence-electron chi connectivity index (χ4n) is 2.60. The summed E-state index contributed by atoms with van der Waals surface area (Å²) in [5, 5.41) is 1.88. The van der Waals surface area contributed by atoms with E-state index in [-0.39, 0.29) is 17.0 Å². The molecule has 3 rings (SSSR count). The van der Waals surface area contributed by atoms with E-state index in [1.807, 2.05) is 71.9 Å². The quantitative estimate of drug-likeness (QED) is 0.284. The zero-order valence-electron chi connectivity index (χ0n) is 15.3. The molecule has 0 spiro atoms. The van der Waals surface area contributed by atoms with Crippen LogP contribution >= 0.6 is 12.2 Å². The van der Waals surface area contributed by atoms with E-state index in [0.29, 0.717) is 6.67 Å². The summed E-state index contributed by atoms with van der Waals surface area (Å²) in [6.07, 6.45) is 7.76. The summed E-state index contributed by atoms with van der Waals surface area (Å²) in [6.45, 7) is 0.629. The molecule has 0 radical (unpaired) electrons. The number of halogens is 1. The van der Waals surface area contributed by atoms with Crippen LogP contribution in [0.25, 0.3) is 0 Å². The molecule has 2 N–H and O–H groups in total. The minimum atomic E-state index is 0. The highest BCUT2D eigenvalue weighted by molar-refractivity contribution is 7.80. The lowest BCUT2D eigenvalue weighted by molar-refractivity contribution is -0.671. The van der Waals surface area contributed by atoms with Crippen molar-refractivity contribution >= 4 is 22.9 Å². The number of benzene rings is 2. The molecule has 0 aliphatic heterocycles. The summed E-state index contributed by atoms with van der Waals surface area (Å²) in [7, 11) is 2.00. The van der Waals surface area contributed by atoms with Crippen molar-refractivity contribution in [2.24, 2.45) is 7.05 Å². The van der Waals surface area contributed by atoms with Gasteiger partial charge in [0.05, 0.1) is 17.7 Å². The van der Waals surface area contributed by atoms with E-state index in [4.69, 9.17) is 12.2 Å². The smallest absolute Gasteiger partial charge is 0.244 e. The van der Waals surface area contributed by atoms with Gasteiger partial charge in [0.1, 0.15) is 12.4 Å². The van der Waals surface area contributed by atoms with Crippen molar-refractivity contribution in [1.82, 2.24) is 15.4 Å². The Balaban J connectivity index is 0.00000261. The molecule has 0 fully saturated rings. The van der Waals surface area contributed by atoms with Gasteiger partial charge in [0.2, 0.25) is 6.33 Å². The largest absolute Gasteiger partial charge is 1.00 e. The second kappa shape index (κ2) is 10.8. The van der Waals surface area contributed by atoms with Crippen molar-refractivity contribution in [3.05, 3.63) is 84.9 Å². The van der Waals surface area contributed by atoms with E-state index in [2.05, 4.69) is 39.7 Å². The first-order valence-electron chi connectivity index (χ1n) is 8.64. The number of nitrogens with one attached hydrogen (secondary N) is 2. The summed E-state index contributed by atoms with van der Waals surface area (Å²) >= 11 is 5.56. The third-order valence-corrected chi connectivity index (χ3v) is 4.27. The van der Waals surface area contributed by atoms with Gasteiger partial charge in [0.15, 0.2) is 6.67 Å². The maximum Gasteiger partial charge on any atom is 0.244 e. The number of aryl methyl sites for hydroxylation is 2. The number of para-hydroxylation sites is 1. The number of thiocarbonyl (C=S) groups is 1. The zero-order valence-corrected chi connectivity index (χ0v) is 17.7. The lowest BCUT2D eigenvalue weighted by atomic mass is 10.1. The highest BCUT2D eigenvalue weighted by Crippen LogP contribution is 2.10. The number of hydrogen-bond acceptors (Lipinski definition) is 3. The van der Waals surface area contributed by atoms with Gasteiger partial charge in [0.25, 0.3) is 0 Å². The second-order valence-corrected chi connectivity index (χ2v) is 6.59. The Morgan fingerprint density at radius 2 is 1.74 bits per heavy atom. The molecule has 0 unspecified atom stereocenters. The van der Waals surface area contributed by atoms with Crippen LogP contribution in [0.4, 0.5) is 5.69 Å². The van der Waals surface area contributed by atoms with Crippen LogP contribution in [0.2, 0.25) is 0 Å². The van der Waals surface area contributed by atoms with Crippen LogP contribution in [-0.4, -0.2) is 9.56 Å². The van der Waals surface area contributed by atoms with Crippen molar-refractivity contribution in [3.63, 3.8) is 0 Å². The maximum atomic E-state index is 5.56. The number of aromatic nitrogens is 2. The van der Waals surface area contributed by atoms with Crippen LogP contribution in [0.3, 0.4) is 0 Å². The van der Waals surface area contributed by atoms with E-state index in [1.165, 1.54) is 5.56 Å². The predicted octanol–water partition coefficient (Wildman–Crippen LogP) is -0.250. The summed E-state index contributed by atoms with van der Waals surface area (Å²) < 4.78 is 4.07. The molecule has 0 aliphatic carbocycles. The average Bonchev–Trinajstić information content (AvgIpc) is 3.10. The number of anilines is 1. The van der Waals surface area contributed by atoms with Gasteiger partial charge >= 0.3 is 0 Å². The van der Waals surface area contributed by atoms with Crippen molar-refractivity contribution in [2.75, 3.05) is 5.12 Å². The maximum absolute atomic E-state index is 5.56. The topological polar surface area (TPSA) is 36.1 Å². The Morgan fingerprint density at radius 3 is 2.37 bits per heavy atom. The van der Waals surface area contributed by atoms with Crippen LogP contribution in [0.5, 0.6) is 0 Å². The van der Waals surface area contributed by atoms with Gasteiger partial charge in [-0.25, -0.2) is 14.3 Å². The lowest BCUT2D eigenvalue weighted by Crippen LogP contribution is -3.00. The van der Waals surface area contributed by atoms with Gasteiger partial charge in [-0.15, -0.1) is 0 Å². The summed E-state index contributed by atoms with van der Waals surface area (Å²) in [5.74, 6) is 0. The molecule has 142 valence electrons. The summed E-state index contributed by atoms with van der Waals surface area (Å²) in [6, 6.07) is 20.5. The molecular formula is C20H24BrN5S. The van der Waals surface area contributed by atoms with Gasteiger partial charge in [-0.3, -0.25) is 5.43 Å². The van der Waals surface area contributed by atoms with Crippen molar-refractivity contribution in [2.45, 2.75) is 19.5 Å². The van der Waals surface area contributed by atoms with E-state index in [1.54, 1.807) is 0 Å². The van der Waals surface area contributed by atoms with E-state index in [0.717, 1.165) is 23.5 Å². The van der Waals surface area contributed by atoms with Gasteiger partial charge < -0.3 is 17.0 Å². The van der Waals surface area contributed by atoms with Gasteiger partial charge in [-0.05, 0) is 24.1 Å². The Bertz CT molecular complexity index is 823. The molecule has 0 atom stereocenters. The van der Waals surface area contributed by atoms with E-state index < -0.39 is 0 Å². The fourth-order valence-corrected chi connectivity index (χ4v) is 2.80. The molecule has 2 aromatic carbocycles. The molecule has 0 aliphatic rings. The molecule has 1 aromatic heterocycles. The number of imidazole rings is 1. The molecular weight excluding hydrogens is 422 g/mol. The van der Waals surface area contributed by atoms with Crippen LogP contribution in [0.1, 0.15) is 12.0 Å². The fraction of sp³-hybridized carbons (Fsp3) is 0.200. The van der Waals surface area contributed by atoms with Crippen molar-refractivity contribution in [3.8, 4) is 0 Å². The summed E-state index contributed by atoms with van der Waals surface area (Å²) in [5.41, 5.74) is 8.99. The molecule has 27 heavy (non-hydrogen) atoms. The number of nitrogens with zero attached hydrogens (tertiary/aromatic N) is 3. The van der Waals surface area contributed by atoms with Gasteiger partial charge in [0, 0.05) is 6.42 Å². The third kappa shape index (κ3) is 6.78. The lowest BCUT2D eigenvalue weighted by Gasteiger charge is -2.26. The molecule has 1 heterocycles. The van der Waals surface area contributed by atoms with Crippen LogP contribution in [-0.2, 0) is 20.1 Å². The summed E-state index contributed by atoms with van der Waals surface area (Å²) in [4.78, 5) is 0.795. The number of hydrazine groups is 2. The van der Waals surface area contributed by atoms with Crippen LogP contribution in [0, 0.1) is 0 Å². The standard InChI is InChI=1S/C20H23N5S.BrH/c1-23-14-15-24(17-23)16-21-25(19-10-6-3-7-11-19)22-20(26)13-12-18-8-4-2-5-9-18;/h2-11,14-15,17,21H,12-13,16H2,1H3;1H. The first kappa shape index (κ1) is 21.1. The average molecular weight is 446 g/mol. The second-order valence-electron chi connectivity index (χ2n) is 6.10. The van der Waals surface area contributed by atoms with Gasteiger partial charge in [-0.2, -0.15) is 5.43 Å². The molecule has 7 heteroatoms. The Morgan fingerprint density at radius 1 is 1.07 bits per heavy atom. The SMILES string of the molecule is C[n+]1ccn(CNN(NC(=S)CCc2ccccc2)c2ccccc2)c1.[Br-]. The van der Waals surface area contributed by atoms with Crippen LogP contribution in [0.15, 0.2) is 79.4 Å².